The molecule has 1 aromatic heterocycles. The smallest absolute Gasteiger partial charge is 0.246 e. The minimum atomic E-state index is -3.50. The molecule has 3 heterocycles. The highest BCUT2D eigenvalue weighted by atomic mass is 32.2. The Kier molecular flexibility index (Phi) is 7.68. The molecule has 0 aromatic carbocycles. The first-order valence-electron chi connectivity index (χ1n) is 10.6. The van der Waals surface area contributed by atoms with Crippen molar-refractivity contribution in [1.82, 2.24) is 14.2 Å². The van der Waals surface area contributed by atoms with Gasteiger partial charge in [0, 0.05) is 58.1 Å². The summed E-state index contributed by atoms with van der Waals surface area (Å²) in [7, 11) is -3.50. The lowest BCUT2D eigenvalue weighted by Crippen LogP contribution is -2.54. The van der Waals surface area contributed by atoms with Gasteiger partial charge < -0.3 is 9.64 Å². The number of sulfonamides is 1. The second-order valence-electron chi connectivity index (χ2n) is 7.53. The molecule has 0 bridgehead atoms. The van der Waals surface area contributed by atoms with Crippen LogP contribution < -0.4 is 4.90 Å². The van der Waals surface area contributed by atoms with Gasteiger partial charge in [-0.05, 0) is 38.3 Å². The zero-order chi connectivity index (χ0) is 20.0. The number of ether oxygens (including phenoxy) is 1. The van der Waals surface area contributed by atoms with E-state index in [-0.39, 0.29) is 0 Å². The van der Waals surface area contributed by atoms with Crippen molar-refractivity contribution >= 4 is 15.8 Å². The second kappa shape index (κ2) is 10.0. The van der Waals surface area contributed by atoms with Crippen molar-refractivity contribution in [3.8, 4) is 0 Å². The maximum atomic E-state index is 13.3. The van der Waals surface area contributed by atoms with Crippen LogP contribution in [0, 0.1) is 0 Å². The van der Waals surface area contributed by atoms with Crippen molar-refractivity contribution in [3.05, 3.63) is 18.3 Å². The summed E-state index contributed by atoms with van der Waals surface area (Å²) in [6.07, 6.45) is 5.70. The molecule has 0 spiro atoms. The van der Waals surface area contributed by atoms with Gasteiger partial charge in [-0.2, -0.15) is 4.31 Å². The topological polar surface area (TPSA) is 66.0 Å². The van der Waals surface area contributed by atoms with Crippen LogP contribution in [-0.4, -0.2) is 81.1 Å². The molecular formula is C20H34N4O3S. The lowest BCUT2D eigenvalue weighted by atomic mass is 10.1. The van der Waals surface area contributed by atoms with Crippen LogP contribution in [0.3, 0.4) is 0 Å². The van der Waals surface area contributed by atoms with Crippen LogP contribution >= 0.6 is 0 Å². The molecule has 8 heteroatoms. The third-order valence-corrected chi connectivity index (χ3v) is 7.71. The number of rotatable bonds is 8. The Labute approximate surface area is 169 Å². The molecular weight excluding hydrogens is 376 g/mol. The van der Waals surface area contributed by atoms with Gasteiger partial charge in [-0.15, -0.1) is 0 Å². The Morgan fingerprint density at radius 3 is 2.64 bits per heavy atom. The third-order valence-electron chi connectivity index (χ3n) is 5.79. The summed E-state index contributed by atoms with van der Waals surface area (Å²) in [6, 6.07) is 3.83. The van der Waals surface area contributed by atoms with E-state index >= 15 is 0 Å². The first-order valence-corrected chi connectivity index (χ1v) is 12.0. The Morgan fingerprint density at radius 2 is 1.93 bits per heavy atom. The lowest BCUT2D eigenvalue weighted by Gasteiger charge is -2.42. The number of piperidine rings is 1. The monoisotopic (exact) mass is 410 g/mol. The van der Waals surface area contributed by atoms with Gasteiger partial charge in [-0.25, -0.2) is 13.4 Å². The Morgan fingerprint density at radius 1 is 1.14 bits per heavy atom. The molecule has 0 radical (unpaired) electrons. The van der Waals surface area contributed by atoms with Crippen LogP contribution in [0.4, 0.5) is 5.82 Å². The van der Waals surface area contributed by atoms with Gasteiger partial charge in [0.1, 0.15) is 10.7 Å². The maximum Gasteiger partial charge on any atom is 0.246 e. The number of aromatic nitrogens is 1. The molecule has 0 aliphatic carbocycles. The van der Waals surface area contributed by atoms with Gasteiger partial charge in [-0.3, -0.25) is 4.90 Å². The van der Waals surface area contributed by atoms with Crippen LogP contribution in [0.1, 0.15) is 39.5 Å². The number of pyridine rings is 1. The number of hydrogen-bond acceptors (Lipinski definition) is 6. The molecule has 158 valence electrons. The number of hydrogen-bond donors (Lipinski definition) is 0. The Hall–Kier alpha value is -1.22. The average Bonchev–Trinajstić information content (AvgIpc) is 2.74. The molecule has 2 fully saturated rings. The molecule has 0 amide bonds. The van der Waals surface area contributed by atoms with E-state index in [0.29, 0.717) is 29.8 Å². The van der Waals surface area contributed by atoms with E-state index < -0.39 is 10.0 Å². The van der Waals surface area contributed by atoms with Gasteiger partial charge in [0.05, 0.1) is 6.61 Å². The van der Waals surface area contributed by atoms with E-state index in [4.69, 9.17) is 4.74 Å². The third kappa shape index (κ3) is 4.84. The molecule has 2 aliphatic heterocycles. The summed E-state index contributed by atoms with van der Waals surface area (Å²) in [6.45, 7) is 10.3. The zero-order valence-electron chi connectivity index (χ0n) is 17.2. The quantitative estimate of drug-likeness (QED) is 0.612. The summed E-state index contributed by atoms with van der Waals surface area (Å²) in [4.78, 5) is 9.47. The normalized spacial score (nSPS) is 22.5. The Balaban J connectivity index is 1.77. The predicted octanol–water partition coefficient (Wildman–Crippen LogP) is 2.19. The summed E-state index contributed by atoms with van der Waals surface area (Å²) in [5, 5.41) is 0. The van der Waals surface area contributed by atoms with E-state index in [1.807, 2.05) is 6.92 Å². The van der Waals surface area contributed by atoms with Crippen molar-refractivity contribution in [2.75, 3.05) is 57.4 Å². The summed E-state index contributed by atoms with van der Waals surface area (Å²) < 4.78 is 33.7. The Bertz CT molecular complexity index is 722. The van der Waals surface area contributed by atoms with E-state index in [0.717, 1.165) is 65.1 Å². The molecule has 1 aromatic rings. The minimum absolute atomic E-state index is 0.356. The highest BCUT2D eigenvalue weighted by molar-refractivity contribution is 7.89. The van der Waals surface area contributed by atoms with Crippen molar-refractivity contribution in [2.24, 2.45) is 0 Å². The fraction of sp³-hybridized carbons (Fsp3) is 0.750. The first-order chi connectivity index (χ1) is 13.6. The molecule has 0 saturated carbocycles. The largest absolute Gasteiger partial charge is 0.380 e. The molecule has 28 heavy (non-hydrogen) atoms. The standard InChI is InChI=1S/C20H34N4O3S/c1-3-18-17-23(14-13-22(18)15-16-27-4-2)20-19(9-8-10-21-20)28(25,26)24-11-6-5-7-12-24/h8-10,18H,3-7,11-17H2,1-2H3. The zero-order valence-corrected chi connectivity index (χ0v) is 18.0. The van der Waals surface area contributed by atoms with E-state index in [1.165, 1.54) is 0 Å². The SMILES string of the molecule is CCOCCN1CCN(c2ncccc2S(=O)(=O)N2CCCCC2)CC1CC. The fourth-order valence-electron chi connectivity index (χ4n) is 4.16. The fourth-order valence-corrected chi connectivity index (χ4v) is 5.84. The number of nitrogens with zero attached hydrogens (tertiary/aromatic N) is 4. The van der Waals surface area contributed by atoms with Crippen LogP contribution in [0.25, 0.3) is 0 Å². The lowest BCUT2D eigenvalue weighted by molar-refractivity contribution is 0.0868. The van der Waals surface area contributed by atoms with E-state index in [9.17, 15) is 8.42 Å². The van der Waals surface area contributed by atoms with E-state index in [2.05, 4.69) is 21.7 Å². The molecule has 7 nitrogen and oxygen atoms in total. The average molecular weight is 411 g/mol. The van der Waals surface area contributed by atoms with Gasteiger partial charge in [0.25, 0.3) is 0 Å². The van der Waals surface area contributed by atoms with Gasteiger partial charge in [-0.1, -0.05) is 13.3 Å². The molecule has 2 aliphatic rings. The molecule has 1 unspecified atom stereocenters. The van der Waals surface area contributed by atoms with Crippen LogP contribution in [0.5, 0.6) is 0 Å². The van der Waals surface area contributed by atoms with Crippen LogP contribution in [0.15, 0.2) is 23.2 Å². The van der Waals surface area contributed by atoms with Gasteiger partial charge >= 0.3 is 0 Å². The van der Waals surface area contributed by atoms with Crippen molar-refractivity contribution in [2.45, 2.75) is 50.5 Å². The first kappa shape index (κ1) is 21.5. The number of piperazine rings is 1. The summed E-state index contributed by atoms with van der Waals surface area (Å²) >= 11 is 0. The van der Waals surface area contributed by atoms with Crippen LogP contribution in [0.2, 0.25) is 0 Å². The maximum absolute atomic E-state index is 13.3. The van der Waals surface area contributed by atoms with Crippen molar-refractivity contribution < 1.29 is 13.2 Å². The van der Waals surface area contributed by atoms with Gasteiger partial charge in [0.15, 0.2) is 0 Å². The molecule has 3 rings (SSSR count). The molecule has 1 atom stereocenters. The summed E-state index contributed by atoms with van der Waals surface area (Å²) in [5.74, 6) is 0.607. The predicted molar refractivity (Wildman–Crippen MR) is 111 cm³/mol. The van der Waals surface area contributed by atoms with Gasteiger partial charge in [0.2, 0.25) is 10.0 Å². The van der Waals surface area contributed by atoms with Crippen molar-refractivity contribution in [1.29, 1.82) is 0 Å². The highest BCUT2D eigenvalue weighted by Gasteiger charge is 2.33. The van der Waals surface area contributed by atoms with Crippen molar-refractivity contribution in [3.63, 3.8) is 0 Å². The summed E-state index contributed by atoms with van der Waals surface area (Å²) in [5.41, 5.74) is 0. The van der Waals surface area contributed by atoms with E-state index in [1.54, 1.807) is 22.6 Å². The molecule has 0 N–H and O–H groups in total. The number of anilines is 1. The molecule has 2 saturated heterocycles. The second-order valence-corrected chi connectivity index (χ2v) is 9.44. The highest BCUT2D eigenvalue weighted by Crippen LogP contribution is 2.29. The minimum Gasteiger partial charge on any atom is -0.380 e. The van der Waals surface area contributed by atoms with Crippen LogP contribution in [-0.2, 0) is 14.8 Å².